The fourth-order valence-electron chi connectivity index (χ4n) is 2.22. The summed E-state index contributed by atoms with van der Waals surface area (Å²) in [6.45, 7) is 5.30. The molecule has 0 amide bonds. The average Bonchev–Trinajstić information content (AvgIpc) is 2.37. The molecular formula is C13H20N2O2S2. The molecule has 1 heterocycles. The van der Waals surface area contributed by atoms with Crippen LogP contribution in [0, 0.1) is 0 Å². The number of rotatable bonds is 3. The Morgan fingerprint density at radius 1 is 1.32 bits per heavy atom. The first-order chi connectivity index (χ1) is 8.87. The molecule has 1 aromatic carbocycles. The second-order valence-electron chi connectivity index (χ2n) is 5.19. The van der Waals surface area contributed by atoms with Crippen molar-refractivity contribution in [3.8, 4) is 0 Å². The molecule has 0 saturated carbocycles. The number of hydrogen-bond donors (Lipinski definition) is 1. The van der Waals surface area contributed by atoms with E-state index in [4.69, 9.17) is 0 Å². The quantitative estimate of drug-likeness (QED) is 0.930. The topological polar surface area (TPSA) is 49.4 Å². The number of nitrogens with zero attached hydrogens (tertiary/aromatic N) is 1. The first-order valence-electron chi connectivity index (χ1n) is 6.28. The highest BCUT2D eigenvalue weighted by Crippen LogP contribution is 2.33. The minimum Gasteiger partial charge on any atom is -0.387 e. The molecule has 4 nitrogen and oxygen atoms in total. The summed E-state index contributed by atoms with van der Waals surface area (Å²) in [5.41, 5.74) is 0.651. The van der Waals surface area contributed by atoms with Gasteiger partial charge < -0.3 is 5.32 Å². The SMILES string of the molecule is CNc1ccccc1S(=O)(=O)N1CCSC(C)(C)C1. The van der Waals surface area contributed by atoms with Gasteiger partial charge in [0.2, 0.25) is 10.0 Å². The lowest BCUT2D eigenvalue weighted by Gasteiger charge is -2.36. The average molecular weight is 300 g/mol. The summed E-state index contributed by atoms with van der Waals surface area (Å²) in [6, 6.07) is 7.05. The molecule has 0 atom stereocenters. The Morgan fingerprint density at radius 3 is 2.63 bits per heavy atom. The summed E-state index contributed by atoms with van der Waals surface area (Å²) in [6.07, 6.45) is 0. The van der Waals surface area contributed by atoms with Crippen molar-refractivity contribution in [2.24, 2.45) is 0 Å². The Balaban J connectivity index is 2.37. The number of hydrogen-bond acceptors (Lipinski definition) is 4. The second kappa shape index (κ2) is 5.34. The zero-order valence-corrected chi connectivity index (χ0v) is 13.1. The maximum Gasteiger partial charge on any atom is 0.245 e. The van der Waals surface area contributed by atoms with Crippen LogP contribution in [0.25, 0.3) is 0 Å². The predicted molar refractivity (Wildman–Crippen MR) is 81.3 cm³/mol. The summed E-state index contributed by atoms with van der Waals surface area (Å²) in [7, 11) is -1.68. The van der Waals surface area contributed by atoms with Crippen LogP contribution in [-0.4, -0.2) is 43.4 Å². The van der Waals surface area contributed by atoms with E-state index in [0.717, 1.165) is 5.75 Å². The third-order valence-corrected chi connectivity index (χ3v) is 6.37. The Morgan fingerprint density at radius 2 is 2.00 bits per heavy atom. The molecule has 1 aliphatic heterocycles. The maximum atomic E-state index is 12.7. The van der Waals surface area contributed by atoms with Gasteiger partial charge in [0.1, 0.15) is 4.90 Å². The predicted octanol–water partition coefficient (Wildman–Crippen LogP) is 2.24. The third kappa shape index (κ3) is 3.07. The summed E-state index contributed by atoms with van der Waals surface area (Å²) in [4.78, 5) is 0.361. The lowest BCUT2D eigenvalue weighted by molar-refractivity contribution is 0.388. The van der Waals surface area contributed by atoms with Crippen LogP contribution in [0.4, 0.5) is 5.69 Å². The highest BCUT2D eigenvalue weighted by molar-refractivity contribution is 8.00. The van der Waals surface area contributed by atoms with E-state index in [1.807, 2.05) is 17.8 Å². The van der Waals surface area contributed by atoms with E-state index in [0.29, 0.717) is 23.7 Å². The largest absolute Gasteiger partial charge is 0.387 e. The zero-order valence-electron chi connectivity index (χ0n) is 11.5. The number of anilines is 1. The number of nitrogens with one attached hydrogen (secondary N) is 1. The van der Waals surface area contributed by atoms with E-state index in [1.54, 1.807) is 29.6 Å². The Hall–Kier alpha value is -0.720. The minimum atomic E-state index is -3.42. The van der Waals surface area contributed by atoms with Gasteiger partial charge in [0.05, 0.1) is 5.69 Å². The molecule has 0 bridgehead atoms. The van der Waals surface area contributed by atoms with E-state index >= 15 is 0 Å². The van der Waals surface area contributed by atoms with Crippen LogP contribution in [0.15, 0.2) is 29.2 Å². The smallest absolute Gasteiger partial charge is 0.245 e. The van der Waals surface area contributed by atoms with Crippen molar-refractivity contribution < 1.29 is 8.42 Å². The van der Waals surface area contributed by atoms with Gasteiger partial charge in [-0.1, -0.05) is 12.1 Å². The molecule has 2 rings (SSSR count). The molecule has 19 heavy (non-hydrogen) atoms. The van der Waals surface area contributed by atoms with Crippen molar-refractivity contribution in [1.29, 1.82) is 0 Å². The first-order valence-corrected chi connectivity index (χ1v) is 8.70. The van der Waals surface area contributed by atoms with E-state index in [1.165, 1.54) is 0 Å². The summed E-state index contributed by atoms with van der Waals surface area (Å²) in [5.74, 6) is 0.841. The Labute approximate surface area is 119 Å². The van der Waals surface area contributed by atoms with E-state index < -0.39 is 10.0 Å². The van der Waals surface area contributed by atoms with Gasteiger partial charge in [-0.2, -0.15) is 16.1 Å². The maximum absolute atomic E-state index is 12.7. The molecule has 0 spiro atoms. The monoisotopic (exact) mass is 300 g/mol. The molecule has 6 heteroatoms. The van der Waals surface area contributed by atoms with Gasteiger partial charge in [-0.3, -0.25) is 0 Å². The number of sulfonamides is 1. The van der Waals surface area contributed by atoms with Crippen molar-refractivity contribution in [2.75, 3.05) is 31.2 Å². The van der Waals surface area contributed by atoms with E-state index in [-0.39, 0.29) is 4.75 Å². The van der Waals surface area contributed by atoms with Crippen LogP contribution < -0.4 is 5.32 Å². The molecule has 1 aromatic rings. The highest BCUT2D eigenvalue weighted by Gasteiger charge is 2.35. The molecule has 0 aliphatic carbocycles. The molecule has 0 aromatic heterocycles. The fourth-order valence-corrected chi connectivity index (χ4v) is 5.33. The molecule has 0 radical (unpaired) electrons. The van der Waals surface area contributed by atoms with Gasteiger partial charge in [0, 0.05) is 30.6 Å². The van der Waals surface area contributed by atoms with Crippen LogP contribution in [0.1, 0.15) is 13.8 Å². The third-order valence-electron chi connectivity index (χ3n) is 3.16. The van der Waals surface area contributed by atoms with Crippen molar-refractivity contribution >= 4 is 27.5 Å². The van der Waals surface area contributed by atoms with Gasteiger partial charge >= 0.3 is 0 Å². The van der Waals surface area contributed by atoms with Crippen LogP contribution in [0.5, 0.6) is 0 Å². The second-order valence-corrected chi connectivity index (χ2v) is 8.90. The van der Waals surface area contributed by atoms with Gasteiger partial charge in [-0.15, -0.1) is 0 Å². The Kier molecular flexibility index (Phi) is 4.13. The van der Waals surface area contributed by atoms with Crippen molar-refractivity contribution in [3.63, 3.8) is 0 Å². The molecule has 1 fully saturated rings. The lowest BCUT2D eigenvalue weighted by atomic mass is 10.2. The van der Waals surface area contributed by atoms with Crippen LogP contribution in [0.2, 0.25) is 0 Å². The van der Waals surface area contributed by atoms with Gasteiger partial charge in [-0.25, -0.2) is 8.42 Å². The summed E-state index contributed by atoms with van der Waals surface area (Å²) in [5, 5.41) is 2.95. The normalized spacial score (nSPS) is 20.2. The molecule has 1 aliphatic rings. The summed E-state index contributed by atoms with van der Waals surface area (Å²) < 4.78 is 27.0. The number of thioether (sulfide) groups is 1. The van der Waals surface area contributed by atoms with Gasteiger partial charge in [0.25, 0.3) is 0 Å². The fraction of sp³-hybridized carbons (Fsp3) is 0.538. The van der Waals surface area contributed by atoms with Gasteiger partial charge in [-0.05, 0) is 26.0 Å². The molecule has 1 N–H and O–H groups in total. The molecule has 106 valence electrons. The standard InChI is InChI=1S/C13H20N2O2S2/c1-13(2)10-15(8-9-18-13)19(16,17)12-7-5-4-6-11(12)14-3/h4-7,14H,8-10H2,1-3H3. The zero-order chi connectivity index (χ0) is 14.1. The summed E-state index contributed by atoms with van der Waals surface area (Å²) >= 11 is 1.82. The lowest BCUT2D eigenvalue weighted by Crippen LogP contribution is -2.46. The van der Waals surface area contributed by atoms with Crippen LogP contribution >= 0.6 is 11.8 Å². The van der Waals surface area contributed by atoms with Crippen molar-refractivity contribution in [1.82, 2.24) is 4.31 Å². The molecular weight excluding hydrogens is 280 g/mol. The first kappa shape index (κ1) is 14.7. The van der Waals surface area contributed by atoms with Crippen molar-refractivity contribution in [2.45, 2.75) is 23.5 Å². The van der Waals surface area contributed by atoms with Crippen molar-refractivity contribution in [3.05, 3.63) is 24.3 Å². The van der Waals surface area contributed by atoms with E-state index in [9.17, 15) is 8.42 Å². The highest BCUT2D eigenvalue weighted by atomic mass is 32.2. The number of benzene rings is 1. The van der Waals surface area contributed by atoms with E-state index in [2.05, 4.69) is 19.2 Å². The Bertz CT molecular complexity index is 556. The molecule has 1 saturated heterocycles. The van der Waals surface area contributed by atoms with Crippen LogP contribution in [-0.2, 0) is 10.0 Å². The van der Waals surface area contributed by atoms with Crippen LogP contribution in [0.3, 0.4) is 0 Å². The van der Waals surface area contributed by atoms with Gasteiger partial charge in [0.15, 0.2) is 0 Å². The molecule has 0 unspecified atom stereocenters. The minimum absolute atomic E-state index is 0.0279. The number of para-hydroxylation sites is 1.